The first-order valence-corrected chi connectivity index (χ1v) is 7.89. The van der Waals surface area contributed by atoms with Crippen LogP contribution in [0.3, 0.4) is 0 Å². The third kappa shape index (κ3) is 3.10. The van der Waals surface area contributed by atoms with Gasteiger partial charge in [-0.3, -0.25) is 4.79 Å². The molecule has 0 aliphatic carbocycles. The quantitative estimate of drug-likeness (QED) is 0.837. The van der Waals surface area contributed by atoms with Crippen LogP contribution >= 0.6 is 11.3 Å². The number of halogens is 3. The monoisotopic (exact) mass is 345 g/mol. The van der Waals surface area contributed by atoms with Crippen LogP contribution in [-0.4, -0.2) is 27.5 Å². The highest BCUT2D eigenvalue weighted by molar-refractivity contribution is 7.15. The fraction of sp³-hybridized carbons (Fsp3) is 0.500. The van der Waals surface area contributed by atoms with E-state index in [1.165, 1.54) is 11.3 Å². The summed E-state index contributed by atoms with van der Waals surface area (Å²) in [7, 11) is 0. The molecule has 0 unspecified atom stereocenters. The minimum atomic E-state index is -4.65. The molecule has 124 valence electrons. The van der Waals surface area contributed by atoms with E-state index in [9.17, 15) is 18.0 Å². The predicted octanol–water partition coefficient (Wildman–Crippen LogP) is 3.36. The molecule has 0 aromatic carbocycles. The first-order valence-electron chi connectivity index (χ1n) is 7.07. The Morgan fingerprint density at radius 2 is 2.17 bits per heavy atom. The van der Waals surface area contributed by atoms with Crippen LogP contribution in [0.5, 0.6) is 0 Å². The summed E-state index contributed by atoms with van der Waals surface area (Å²) in [6.07, 6.45) is -3.97. The molecule has 9 heteroatoms. The van der Waals surface area contributed by atoms with Gasteiger partial charge in [-0.25, -0.2) is 0 Å². The summed E-state index contributed by atoms with van der Waals surface area (Å²) in [5.74, 6) is -1.43. The van der Waals surface area contributed by atoms with E-state index in [1.807, 2.05) is 13.8 Å². The maximum absolute atomic E-state index is 12.5. The number of rotatable bonds is 2. The molecule has 0 fully saturated rings. The number of hydrogen-bond donors (Lipinski definition) is 0. The molecule has 1 amide bonds. The van der Waals surface area contributed by atoms with Crippen LogP contribution in [0, 0.1) is 5.92 Å². The van der Waals surface area contributed by atoms with Crippen molar-refractivity contribution in [2.75, 3.05) is 6.54 Å². The van der Waals surface area contributed by atoms with Gasteiger partial charge in [0, 0.05) is 23.9 Å². The molecule has 3 heterocycles. The smallest absolute Gasteiger partial charge is 0.338 e. The van der Waals surface area contributed by atoms with Crippen LogP contribution in [0.1, 0.15) is 30.2 Å². The number of carbonyl (C=O) groups is 1. The van der Waals surface area contributed by atoms with Gasteiger partial charge in [-0.15, -0.1) is 11.3 Å². The van der Waals surface area contributed by atoms with E-state index in [1.54, 1.807) is 11.0 Å². The summed E-state index contributed by atoms with van der Waals surface area (Å²) in [5.41, 5.74) is 0.934. The normalized spacial score (nSPS) is 15.1. The lowest BCUT2D eigenvalue weighted by atomic mass is 10.1. The summed E-state index contributed by atoms with van der Waals surface area (Å²) >= 11 is 1.34. The minimum absolute atomic E-state index is 0.0709. The van der Waals surface area contributed by atoms with Crippen molar-refractivity contribution < 1.29 is 22.5 Å². The summed E-state index contributed by atoms with van der Waals surface area (Å²) in [4.78, 5) is 18.8. The van der Waals surface area contributed by atoms with Gasteiger partial charge in [0.05, 0.1) is 4.88 Å². The molecule has 2 aromatic heterocycles. The van der Waals surface area contributed by atoms with Crippen molar-refractivity contribution in [1.29, 1.82) is 0 Å². The second-order valence-electron chi connectivity index (χ2n) is 5.64. The number of carbonyl (C=O) groups excluding carboxylic acids is 1. The Bertz CT molecular complexity index is 736. The lowest BCUT2D eigenvalue weighted by Crippen LogP contribution is -2.37. The van der Waals surface area contributed by atoms with Gasteiger partial charge < -0.3 is 9.42 Å². The molecule has 0 radical (unpaired) electrons. The molecular weight excluding hydrogens is 331 g/mol. The maximum Gasteiger partial charge on any atom is 0.471 e. The van der Waals surface area contributed by atoms with Crippen molar-refractivity contribution in [3.8, 4) is 10.7 Å². The van der Waals surface area contributed by atoms with Crippen molar-refractivity contribution in [2.45, 2.75) is 33.0 Å². The Labute approximate surface area is 134 Å². The van der Waals surface area contributed by atoms with Crippen LogP contribution in [-0.2, 0) is 23.9 Å². The average molecular weight is 345 g/mol. The van der Waals surface area contributed by atoms with Gasteiger partial charge in [-0.1, -0.05) is 19.0 Å². The van der Waals surface area contributed by atoms with Crippen molar-refractivity contribution in [2.24, 2.45) is 5.92 Å². The van der Waals surface area contributed by atoms with Crippen molar-refractivity contribution in [3.63, 3.8) is 0 Å². The van der Waals surface area contributed by atoms with Crippen molar-refractivity contribution >= 4 is 17.2 Å². The average Bonchev–Trinajstić information content (AvgIpc) is 3.11. The summed E-state index contributed by atoms with van der Waals surface area (Å²) in [6, 6.07) is 1.74. The molecule has 0 atom stereocenters. The van der Waals surface area contributed by atoms with Gasteiger partial charge in [0.15, 0.2) is 0 Å². The van der Waals surface area contributed by atoms with E-state index in [-0.39, 0.29) is 17.6 Å². The Balaban J connectivity index is 1.83. The number of alkyl halides is 3. The molecule has 2 aromatic rings. The Morgan fingerprint density at radius 1 is 1.43 bits per heavy atom. The van der Waals surface area contributed by atoms with E-state index in [2.05, 4.69) is 14.7 Å². The highest BCUT2D eigenvalue weighted by Gasteiger charge is 2.38. The summed E-state index contributed by atoms with van der Waals surface area (Å²) in [5, 5.41) is 3.40. The van der Waals surface area contributed by atoms with Gasteiger partial charge in [-0.2, -0.15) is 18.2 Å². The van der Waals surface area contributed by atoms with Crippen molar-refractivity contribution in [3.05, 3.63) is 22.4 Å². The second kappa shape index (κ2) is 5.63. The van der Waals surface area contributed by atoms with Gasteiger partial charge in [0.25, 0.3) is 0 Å². The van der Waals surface area contributed by atoms with E-state index >= 15 is 0 Å². The van der Waals surface area contributed by atoms with E-state index in [4.69, 9.17) is 0 Å². The van der Waals surface area contributed by atoms with Crippen LogP contribution in [0.15, 0.2) is 10.6 Å². The van der Waals surface area contributed by atoms with Gasteiger partial charge in [0.2, 0.25) is 11.7 Å². The number of nitrogens with zero attached hydrogens (tertiary/aromatic N) is 3. The molecule has 1 aliphatic heterocycles. The zero-order chi connectivity index (χ0) is 16.8. The number of aromatic nitrogens is 2. The molecule has 1 aliphatic rings. The molecule has 5 nitrogen and oxygen atoms in total. The first kappa shape index (κ1) is 16.0. The predicted molar refractivity (Wildman–Crippen MR) is 76.6 cm³/mol. The van der Waals surface area contributed by atoms with E-state index in [0.717, 1.165) is 10.4 Å². The van der Waals surface area contributed by atoms with Gasteiger partial charge in [0.1, 0.15) is 0 Å². The van der Waals surface area contributed by atoms with Gasteiger partial charge >= 0.3 is 12.1 Å². The zero-order valence-electron chi connectivity index (χ0n) is 12.5. The van der Waals surface area contributed by atoms with E-state index < -0.39 is 12.1 Å². The third-order valence-corrected chi connectivity index (χ3v) is 4.79. The van der Waals surface area contributed by atoms with Crippen LogP contribution < -0.4 is 0 Å². The molecule has 23 heavy (non-hydrogen) atoms. The number of thiophene rings is 1. The van der Waals surface area contributed by atoms with Crippen LogP contribution in [0.25, 0.3) is 10.7 Å². The Hall–Kier alpha value is -1.90. The largest absolute Gasteiger partial charge is 0.471 e. The second-order valence-corrected chi connectivity index (χ2v) is 6.78. The van der Waals surface area contributed by atoms with Crippen LogP contribution in [0.4, 0.5) is 13.2 Å². The van der Waals surface area contributed by atoms with Gasteiger partial charge in [-0.05, 0) is 18.1 Å². The first-order chi connectivity index (χ1) is 10.8. The fourth-order valence-electron chi connectivity index (χ4n) is 2.44. The Kier molecular flexibility index (Phi) is 3.91. The SMILES string of the molecule is CC(C)C(=O)N1CCc2sc(-c3noc(C(F)(F)F)n3)cc2C1. The third-order valence-electron chi connectivity index (χ3n) is 3.56. The lowest BCUT2D eigenvalue weighted by molar-refractivity contribution is -0.159. The Morgan fingerprint density at radius 3 is 2.78 bits per heavy atom. The molecule has 0 N–H and O–H groups in total. The minimum Gasteiger partial charge on any atom is -0.338 e. The van der Waals surface area contributed by atoms with Crippen molar-refractivity contribution in [1.82, 2.24) is 15.0 Å². The molecule has 0 bridgehead atoms. The highest BCUT2D eigenvalue weighted by atomic mass is 32.1. The maximum atomic E-state index is 12.5. The highest BCUT2D eigenvalue weighted by Crippen LogP contribution is 2.35. The lowest BCUT2D eigenvalue weighted by Gasteiger charge is -2.28. The molecule has 3 rings (SSSR count). The zero-order valence-corrected chi connectivity index (χ0v) is 13.3. The molecular formula is C14H14F3N3O2S. The molecule has 0 spiro atoms. The summed E-state index contributed by atoms with van der Waals surface area (Å²) in [6.45, 7) is 4.76. The number of hydrogen-bond acceptors (Lipinski definition) is 5. The standard InChI is InChI=1S/C14H14F3N3O2S/c1-7(2)12(21)20-4-3-9-8(6-20)5-10(23-9)11-18-13(22-19-11)14(15,16)17/h5,7H,3-4,6H2,1-2H3. The summed E-state index contributed by atoms with van der Waals surface area (Å²) < 4.78 is 41.8. The van der Waals surface area contributed by atoms with E-state index in [0.29, 0.717) is 24.4 Å². The molecule has 0 saturated carbocycles. The number of fused-ring (bicyclic) bond motifs is 1. The van der Waals surface area contributed by atoms with Crippen LogP contribution in [0.2, 0.25) is 0 Å². The topological polar surface area (TPSA) is 59.2 Å². The fourth-order valence-corrected chi connectivity index (χ4v) is 3.52. The molecule has 0 saturated heterocycles. The number of amides is 1.